The molecule has 25 heavy (non-hydrogen) atoms. The van der Waals surface area contributed by atoms with Gasteiger partial charge in [0.2, 0.25) is 0 Å². The highest BCUT2D eigenvalue weighted by molar-refractivity contribution is 5.98. The Balaban J connectivity index is 1.60. The molecule has 0 aliphatic heterocycles. The maximum Gasteiger partial charge on any atom is 0.251 e. The lowest BCUT2D eigenvalue weighted by Crippen LogP contribution is -2.25. The van der Waals surface area contributed by atoms with Gasteiger partial charge in [-0.2, -0.15) is 0 Å². The van der Waals surface area contributed by atoms with Crippen LogP contribution in [0.5, 0.6) is 0 Å². The normalized spacial score (nSPS) is 12.0. The number of amides is 1. The zero-order valence-electron chi connectivity index (χ0n) is 14.2. The van der Waals surface area contributed by atoms with Gasteiger partial charge in [0.05, 0.1) is 0 Å². The summed E-state index contributed by atoms with van der Waals surface area (Å²) < 4.78 is 0. The summed E-state index contributed by atoms with van der Waals surface area (Å²) in [6.07, 6.45) is 1.51. The second-order valence-corrected chi connectivity index (χ2v) is 6.23. The van der Waals surface area contributed by atoms with E-state index < -0.39 is 0 Å². The molecule has 0 aliphatic rings. The topological polar surface area (TPSA) is 49.3 Å². The van der Waals surface area contributed by atoms with E-state index in [2.05, 4.69) is 17.4 Å². The highest BCUT2D eigenvalue weighted by Crippen LogP contribution is 2.22. The van der Waals surface area contributed by atoms with E-state index in [1.165, 1.54) is 5.56 Å². The summed E-state index contributed by atoms with van der Waals surface area (Å²) in [5.41, 5.74) is 1.88. The van der Waals surface area contributed by atoms with Crippen LogP contribution in [0, 0.1) is 0 Å². The largest absolute Gasteiger partial charge is 0.396 e. The Bertz CT molecular complexity index is 830. The molecule has 1 unspecified atom stereocenters. The van der Waals surface area contributed by atoms with Crippen molar-refractivity contribution >= 4 is 16.7 Å². The quantitative estimate of drug-likeness (QED) is 0.683. The van der Waals surface area contributed by atoms with Crippen LogP contribution in [0.4, 0.5) is 0 Å². The molecule has 0 bridgehead atoms. The molecular weight excluding hydrogens is 310 g/mol. The molecule has 0 fully saturated rings. The fourth-order valence-electron chi connectivity index (χ4n) is 3.15. The third-order valence-corrected chi connectivity index (χ3v) is 4.54. The molecule has 3 nitrogen and oxygen atoms in total. The van der Waals surface area contributed by atoms with Gasteiger partial charge in [-0.1, -0.05) is 60.7 Å². The summed E-state index contributed by atoms with van der Waals surface area (Å²) in [5.74, 6) is 0.199. The van der Waals surface area contributed by atoms with Crippen LogP contribution in [0.15, 0.2) is 72.8 Å². The first-order valence-electron chi connectivity index (χ1n) is 8.71. The van der Waals surface area contributed by atoms with Gasteiger partial charge >= 0.3 is 0 Å². The molecule has 0 saturated carbocycles. The molecule has 1 atom stereocenters. The molecule has 128 valence electrons. The first-order valence-corrected chi connectivity index (χ1v) is 8.71. The molecule has 0 saturated heterocycles. The van der Waals surface area contributed by atoms with Crippen molar-refractivity contribution in [1.29, 1.82) is 0 Å². The molecule has 2 N–H and O–H groups in total. The van der Waals surface area contributed by atoms with Gasteiger partial charge in [0.25, 0.3) is 5.91 Å². The average Bonchev–Trinajstić information content (AvgIpc) is 2.67. The van der Waals surface area contributed by atoms with Crippen molar-refractivity contribution in [1.82, 2.24) is 5.32 Å². The average molecular weight is 333 g/mol. The van der Waals surface area contributed by atoms with Crippen LogP contribution in [-0.4, -0.2) is 24.2 Å². The van der Waals surface area contributed by atoms with Gasteiger partial charge in [0, 0.05) is 18.7 Å². The van der Waals surface area contributed by atoms with Crippen LogP contribution in [0.1, 0.15) is 34.7 Å². The minimum absolute atomic E-state index is 0.0541. The summed E-state index contributed by atoms with van der Waals surface area (Å²) in [7, 11) is 0. The van der Waals surface area contributed by atoms with E-state index in [1.807, 2.05) is 60.7 Å². The van der Waals surface area contributed by atoms with Gasteiger partial charge in [-0.25, -0.2) is 0 Å². The Morgan fingerprint density at radius 2 is 1.60 bits per heavy atom. The van der Waals surface area contributed by atoms with Gasteiger partial charge in [-0.15, -0.1) is 0 Å². The van der Waals surface area contributed by atoms with Crippen molar-refractivity contribution in [2.45, 2.75) is 18.8 Å². The van der Waals surface area contributed by atoms with Gasteiger partial charge in [0.1, 0.15) is 0 Å². The Hall–Kier alpha value is -2.65. The Labute approximate surface area is 148 Å². The standard InChI is InChI=1S/C22H23NO2/c24-15-13-19(17-6-2-1-3-7-17)12-14-23-22(25)21-11-10-18-8-4-5-9-20(18)16-21/h1-11,16,19,24H,12-15H2,(H,23,25). The smallest absolute Gasteiger partial charge is 0.251 e. The number of rotatable bonds is 7. The van der Waals surface area contributed by atoms with E-state index in [1.54, 1.807) is 0 Å². The zero-order valence-corrected chi connectivity index (χ0v) is 14.2. The van der Waals surface area contributed by atoms with Crippen molar-refractivity contribution in [2.24, 2.45) is 0 Å². The lowest BCUT2D eigenvalue weighted by molar-refractivity contribution is 0.0952. The third-order valence-electron chi connectivity index (χ3n) is 4.54. The number of nitrogens with one attached hydrogen (secondary N) is 1. The first kappa shape index (κ1) is 17.2. The Morgan fingerprint density at radius 1 is 0.880 bits per heavy atom. The van der Waals surface area contributed by atoms with Crippen LogP contribution in [0.25, 0.3) is 10.8 Å². The fraction of sp³-hybridized carbons (Fsp3) is 0.227. The second-order valence-electron chi connectivity index (χ2n) is 6.23. The van der Waals surface area contributed by atoms with Gasteiger partial charge < -0.3 is 10.4 Å². The van der Waals surface area contributed by atoms with Crippen molar-refractivity contribution in [3.63, 3.8) is 0 Å². The molecule has 0 aromatic heterocycles. The number of aliphatic hydroxyl groups excluding tert-OH is 1. The van der Waals surface area contributed by atoms with E-state index >= 15 is 0 Å². The molecule has 0 spiro atoms. The third kappa shape index (κ3) is 4.46. The Morgan fingerprint density at radius 3 is 2.36 bits per heavy atom. The highest BCUT2D eigenvalue weighted by Gasteiger charge is 2.12. The SMILES string of the molecule is O=C(NCCC(CCO)c1ccccc1)c1ccc2ccccc2c1. The minimum atomic E-state index is -0.0541. The molecule has 3 aromatic carbocycles. The summed E-state index contributed by atoms with van der Waals surface area (Å²) in [5, 5.41) is 14.5. The van der Waals surface area contributed by atoms with Crippen LogP contribution in [-0.2, 0) is 0 Å². The summed E-state index contributed by atoms with van der Waals surface area (Å²) in [6.45, 7) is 0.739. The maximum atomic E-state index is 12.4. The van der Waals surface area contributed by atoms with E-state index in [9.17, 15) is 9.90 Å². The molecular formula is C22H23NO2. The molecule has 0 heterocycles. The first-order chi connectivity index (χ1) is 12.3. The highest BCUT2D eigenvalue weighted by atomic mass is 16.3. The molecule has 1 amide bonds. The molecule has 3 heteroatoms. The second kappa shape index (κ2) is 8.45. The van der Waals surface area contributed by atoms with E-state index in [-0.39, 0.29) is 18.4 Å². The zero-order chi connectivity index (χ0) is 17.5. The van der Waals surface area contributed by atoms with Crippen LogP contribution < -0.4 is 5.32 Å². The molecule has 3 aromatic rings. The monoisotopic (exact) mass is 333 g/mol. The number of benzene rings is 3. The van der Waals surface area contributed by atoms with Gasteiger partial charge in [-0.05, 0) is 47.2 Å². The van der Waals surface area contributed by atoms with Crippen LogP contribution >= 0.6 is 0 Å². The number of hydrogen-bond acceptors (Lipinski definition) is 2. The number of carbonyl (C=O) groups excluding carboxylic acids is 1. The number of aliphatic hydroxyl groups is 1. The van der Waals surface area contributed by atoms with Gasteiger partial charge in [0.15, 0.2) is 0 Å². The van der Waals surface area contributed by atoms with Crippen LogP contribution in [0.2, 0.25) is 0 Å². The van der Waals surface area contributed by atoms with Crippen LogP contribution in [0.3, 0.4) is 0 Å². The number of hydrogen-bond donors (Lipinski definition) is 2. The minimum Gasteiger partial charge on any atom is -0.396 e. The lowest BCUT2D eigenvalue weighted by Gasteiger charge is -2.16. The van der Waals surface area contributed by atoms with Crippen molar-refractivity contribution < 1.29 is 9.90 Å². The molecule has 3 rings (SSSR count). The predicted molar refractivity (Wildman–Crippen MR) is 102 cm³/mol. The van der Waals surface area contributed by atoms with E-state index in [0.29, 0.717) is 18.5 Å². The van der Waals surface area contributed by atoms with Crippen molar-refractivity contribution in [2.75, 3.05) is 13.2 Å². The fourth-order valence-corrected chi connectivity index (χ4v) is 3.15. The van der Waals surface area contributed by atoms with E-state index in [0.717, 1.165) is 17.2 Å². The number of fused-ring (bicyclic) bond motifs is 1. The Kier molecular flexibility index (Phi) is 5.81. The maximum absolute atomic E-state index is 12.4. The summed E-state index contributed by atoms with van der Waals surface area (Å²) >= 11 is 0. The summed E-state index contributed by atoms with van der Waals surface area (Å²) in [4.78, 5) is 12.4. The van der Waals surface area contributed by atoms with Crippen molar-refractivity contribution in [3.05, 3.63) is 83.9 Å². The molecule has 0 radical (unpaired) electrons. The summed E-state index contributed by atoms with van der Waals surface area (Å²) in [6, 6.07) is 23.9. The van der Waals surface area contributed by atoms with Crippen molar-refractivity contribution in [3.8, 4) is 0 Å². The van der Waals surface area contributed by atoms with E-state index in [4.69, 9.17) is 0 Å². The molecule has 0 aliphatic carbocycles. The lowest BCUT2D eigenvalue weighted by atomic mass is 9.93. The number of carbonyl (C=O) groups is 1. The predicted octanol–water partition coefficient (Wildman–Crippen LogP) is 4.13. The van der Waals surface area contributed by atoms with Gasteiger partial charge in [-0.3, -0.25) is 4.79 Å².